The molecule has 0 radical (unpaired) electrons. The van der Waals surface area contributed by atoms with Gasteiger partial charge in [-0.25, -0.2) is 0 Å². The summed E-state index contributed by atoms with van der Waals surface area (Å²) in [5, 5.41) is 0. The number of pyridine rings is 1. The summed E-state index contributed by atoms with van der Waals surface area (Å²) < 4.78 is 1.91. The number of nitrogens with zero attached hydrogens (tertiary/aromatic N) is 2. The van der Waals surface area contributed by atoms with Gasteiger partial charge in [0.1, 0.15) is 0 Å². The highest BCUT2D eigenvalue weighted by Crippen LogP contribution is 2.17. The largest absolute Gasteiger partial charge is 0.337 e. The van der Waals surface area contributed by atoms with Crippen molar-refractivity contribution in [1.82, 2.24) is 9.55 Å². The molecule has 0 N–H and O–H groups in total. The van der Waals surface area contributed by atoms with Crippen LogP contribution in [0, 0.1) is 0 Å². The Balaban J connectivity index is 2.36. The smallest absolute Gasteiger partial charge is 0.166 e. The van der Waals surface area contributed by atoms with E-state index in [2.05, 4.69) is 4.98 Å². The maximum absolute atomic E-state index is 10.8. The topological polar surface area (TPSA) is 34.9 Å². The Morgan fingerprint density at radius 1 is 1.33 bits per heavy atom. The minimum Gasteiger partial charge on any atom is -0.337 e. The Bertz CT molecular complexity index is 448. The number of carbonyl (C=O) groups is 1. The van der Waals surface area contributed by atoms with E-state index in [1.807, 2.05) is 42.0 Å². The normalized spacial score (nSPS) is 12.3. The van der Waals surface area contributed by atoms with Crippen molar-refractivity contribution >= 4 is 6.29 Å². The van der Waals surface area contributed by atoms with Crippen LogP contribution < -0.4 is 0 Å². The van der Waals surface area contributed by atoms with E-state index >= 15 is 0 Å². The van der Waals surface area contributed by atoms with Crippen LogP contribution in [0.25, 0.3) is 0 Å². The lowest BCUT2D eigenvalue weighted by molar-refractivity contribution is 0.111. The molecule has 2 aromatic heterocycles. The third-order valence-corrected chi connectivity index (χ3v) is 2.47. The van der Waals surface area contributed by atoms with Gasteiger partial charge in [0.05, 0.1) is 17.4 Å². The van der Waals surface area contributed by atoms with Crippen LogP contribution >= 0.6 is 0 Å². The van der Waals surface area contributed by atoms with Gasteiger partial charge in [-0.2, -0.15) is 0 Å². The van der Waals surface area contributed by atoms with Gasteiger partial charge in [0.2, 0.25) is 0 Å². The lowest BCUT2D eigenvalue weighted by Crippen LogP contribution is -2.09. The van der Waals surface area contributed by atoms with Crippen molar-refractivity contribution in [2.45, 2.75) is 13.0 Å². The summed E-state index contributed by atoms with van der Waals surface area (Å²) in [4.78, 5) is 15.1. The molecule has 1 atom stereocenters. The van der Waals surface area contributed by atoms with Crippen LogP contribution in [-0.4, -0.2) is 15.8 Å². The number of aldehydes is 1. The van der Waals surface area contributed by atoms with Gasteiger partial charge in [-0.1, -0.05) is 6.07 Å². The molecule has 0 aliphatic heterocycles. The number of rotatable bonds is 3. The molecule has 0 aliphatic carbocycles. The zero-order valence-corrected chi connectivity index (χ0v) is 8.50. The fourth-order valence-corrected chi connectivity index (χ4v) is 1.62. The number of carbonyl (C=O) groups excluding carboxylic acids is 1. The zero-order valence-electron chi connectivity index (χ0n) is 8.50. The van der Waals surface area contributed by atoms with Crippen LogP contribution in [0.1, 0.15) is 29.1 Å². The van der Waals surface area contributed by atoms with Crippen molar-refractivity contribution in [3.63, 3.8) is 0 Å². The number of hydrogen-bond donors (Lipinski definition) is 0. The van der Waals surface area contributed by atoms with Crippen LogP contribution in [0.15, 0.2) is 42.7 Å². The molecule has 0 spiro atoms. The van der Waals surface area contributed by atoms with Gasteiger partial charge in [0.25, 0.3) is 0 Å². The lowest BCUT2D eigenvalue weighted by atomic mass is 10.2. The van der Waals surface area contributed by atoms with Gasteiger partial charge >= 0.3 is 0 Å². The highest BCUT2D eigenvalue weighted by molar-refractivity contribution is 5.72. The molecule has 3 nitrogen and oxygen atoms in total. The summed E-state index contributed by atoms with van der Waals surface area (Å²) in [5.74, 6) is 0. The molecule has 0 aliphatic rings. The molecule has 0 aromatic carbocycles. The zero-order chi connectivity index (χ0) is 10.7. The molecule has 76 valence electrons. The molecule has 1 unspecified atom stereocenters. The first-order valence-electron chi connectivity index (χ1n) is 4.86. The first-order valence-corrected chi connectivity index (χ1v) is 4.86. The van der Waals surface area contributed by atoms with Crippen LogP contribution in [0.4, 0.5) is 0 Å². The van der Waals surface area contributed by atoms with Gasteiger partial charge < -0.3 is 4.57 Å². The van der Waals surface area contributed by atoms with E-state index in [1.54, 1.807) is 12.3 Å². The highest BCUT2D eigenvalue weighted by Gasteiger charge is 2.10. The quantitative estimate of drug-likeness (QED) is 0.712. The molecule has 2 aromatic rings. The second kappa shape index (κ2) is 4.09. The maximum atomic E-state index is 10.8. The van der Waals surface area contributed by atoms with Crippen molar-refractivity contribution in [2.75, 3.05) is 0 Å². The Morgan fingerprint density at radius 2 is 2.20 bits per heavy atom. The molecule has 0 bridgehead atoms. The van der Waals surface area contributed by atoms with E-state index in [1.165, 1.54) is 0 Å². The van der Waals surface area contributed by atoms with Crippen molar-refractivity contribution in [1.29, 1.82) is 0 Å². The van der Waals surface area contributed by atoms with Crippen molar-refractivity contribution < 1.29 is 4.79 Å². The van der Waals surface area contributed by atoms with Gasteiger partial charge in [0, 0.05) is 12.4 Å². The molecule has 3 heteroatoms. The SMILES string of the molecule is CC(c1ccccn1)n1cccc1C=O. The minimum absolute atomic E-state index is 0.0846. The number of hydrogen-bond acceptors (Lipinski definition) is 2. The van der Waals surface area contributed by atoms with E-state index in [-0.39, 0.29) is 6.04 Å². The molecular formula is C12H12N2O. The van der Waals surface area contributed by atoms with Gasteiger partial charge in [-0.05, 0) is 31.2 Å². The van der Waals surface area contributed by atoms with Crippen molar-refractivity contribution in [3.05, 3.63) is 54.1 Å². The van der Waals surface area contributed by atoms with E-state index in [0.29, 0.717) is 5.69 Å². The first kappa shape index (κ1) is 9.65. The molecule has 2 heterocycles. The Kier molecular flexibility index (Phi) is 2.63. The summed E-state index contributed by atoms with van der Waals surface area (Å²) in [7, 11) is 0. The maximum Gasteiger partial charge on any atom is 0.166 e. The standard InChI is InChI=1S/C12H12N2O/c1-10(12-6-2-3-7-13-12)14-8-4-5-11(14)9-15/h2-10H,1H3. The summed E-state index contributed by atoms with van der Waals surface area (Å²) in [6, 6.07) is 9.53. The minimum atomic E-state index is 0.0846. The fourth-order valence-electron chi connectivity index (χ4n) is 1.62. The first-order chi connectivity index (χ1) is 7.33. The second-order valence-electron chi connectivity index (χ2n) is 3.39. The van der Waals surface area contributed by atoms with E-state index in [9.17, 15) is 4.79 Å². The van der Waals surface area contributed by atoms with E-state index in [0.717, 1.165) is 12.0 Å². The third kappa shape index (κ3) is 1.81. The van der Waals surface area contributed by atoms with Crippen molar-refractivity contribution in [2.24, 2.45) is 0 Å². The molecule has 15 heavy (non-hydrogen) atoms. The van der Waals surface area contributed by atoms with Gasteiger partial charge in [-0.3, -0.25) is 9.78 Å². The summed E-state index contributed by atoms with van der Waals surface area (Å²) in [6.07, 6.45) is 4.51. The van der Waals surface area contributed by atoms with E-state index < -0.39 is 0 Å². The van der Waals surface area contributed by atoms with Crippen LogP contribution in [0.2, 0.25) is 0 Å². The van der Waals surface area contributed by atoms with E-state index in [4.69, 9.17) is 0 Å². The van der Waals surface area contributed by atoms with Gasteiger partial charge in [0.15, 0.2) is 6.29 Å². The summed E-state index contributed by atoms with van der Waals surface area (Å²) >= 11 is 0. The van der Waals surface area contributed by atoms with Crippen LogP contribution in [0.3, 0.4) is 0 Å². The average molecular weight is 200 g/mol. The predicted molar refractivity (Wildman–Crippen MR) is 57.9 cm³/mol. The van der Waals surface area contributed by atoms with Gasteiger partial charge in [-0.15, -0.1) is 0 Å². The predicted octanol–water partition coefficient (Wildman–Crippen LogP) is 2.30. The molecule has 0 saturated carbocycles. The van der Waals surface area contributed by atoms with Crippen LogP contribution in [-0.2, 0) is 0 Å². The Morgan fingerprint density at radius 3 is 2.87 bits per heavy atom. The Hall–Kier alpha value is -1.90. The second-order valence-corrected chi connectivity index (χ2v) is 3.39. The average Bonchev–Trinajstić information content (AvgIpc) is 2.77. The monoisotopic (exact) mass is 200 g/mol. The summed E-state index contributed by atoms with van der Waals surface area (Å²) in [6.45, 7) is 2.02. The summed E-state index contributed by atoms with van der Waals surface area (Å²) in [5.41, 5.74) is 1.63. The molecular weight excluding hydrogens is 188 g/mol. The third-order valence-electron chi connectivity index (χ3n) is 2.47. The fraction of sp³-hybridized carbons (Fsp3) is 0.167. The molecule has 2 rings (SSSR count). The van der Waals surface area contributed by atoms with Crippen molar-refractivity contribution in [3.8, 4) is 0 Å². The number of aromatic nitrogens is 2. The molecule has 0 saturated heterocycles. The lowest BCUT2D eigenvalue weighted by Gasteiger charge is -2.14. The molecule has 0 amide bonds. The Labute approximate surface area is 88.4 Å². The van der Waals surface area contributed by atoms with Crippen LogP contribution in [0.5, 0.6) is 0 Å². The highest BCUT2D eigenvalue weighted by atomic mass is 16.1. The molecule has 0 fully saturated rings.